The molecule has 1 N–H and O–H groups in total. The average Bonchev–Trinajstić information content (AvgIpc) is 2.67. The molecule has 3 unspecified atom stereocenters. The van der Waals surface area contributed by atoms with E-state index in [2.05, 4.69) is 35.4 Å². The molecule has 2 aliphatic heterocycles. The van der Waals surface area contributed by atoms with Crippen LogP contribution >= 0.6 is 11.6 Å². The van der Waals surface area contributed by atoms with E-state index < -0.39 is 0 Å². The van der Waals surface area contributed by atoms with Crippen LogP contribution in [-0.2, 0) is 6.42 Å². The second-order valence-electron chi connectivity index (χ2n) is 6.35. The summed E-state index contributed by atoms with van der Waals surface area (Å²) in [5.41, 5.74) is 1.22. The molecular formula is C16H24ClN3. The van der Waals surface area contributed by atoms with Gasteiger partial charge in [0, 0.05) is 30.5 Å². The highest BCUT2D eigenvalue weighted by Gasteiger charge is 2.40. The largest absolute Gasteiger partial charge is 0.316 e. The van der Waals surface area contributed by atoms with Crippen LogP contribution in [0.1, 0.15) is 31.2 Å². The first kappa shape index (κ1) is 14.3. The van der Waals surface area contributed by atoms with Crippen LogP contribution in [0.4, 0.5) is 0 Å². The molecule has 4 heteroatoms. The van der Waals surface area contributed by atoms with Crippen molar-refractivity contribution in [3.8, 4) is 0 Å². The molecule has 0 saturated carbocycles. The lowest BCUT2D eigenvalue weighted by Gasteiger charge is -2.40. The molecule has 3 atom stereocenters. The molecule has 0 aliphatic carbocycles. The summed E-state index contributed by atoms with van der Waals surface area (Å²) in [5, 5.41) is 4.33. The lowest BCUT2D eigenvalue weighted by atomic mass is 9.82. The molecule has 110 valence electrons. The van der Waals surface area contributed by atoms with Gasteiger partial charge in [-0.2, -0.15) is 0 Å². The molecular weight excluding hydrogens is 270 g/mol. The molecule has 20 heavy (non-hydrogen) atoms. The lowest BCUT2D eigenvalue weighted by Crippen LogP contribution is -2.47. The van der Waals surface area contributed by atoms with E-state index in [1.165, 1.54) is 31.2 Å². The maximum Gasteiger partial charge on any atom is 0.0621 e. The Morgan fingerprint density at radius 3 is 2.70 bits per heavy atom. The van der Waals surface area contributed by atoms with Gasteiger partial charge in [0.2, 0.25) is 0 Å². The van der Waals surface area contributed by atoms with Gasteiger partial charge < -0.3 is 10.2 Å². The highest BCUT2D eigenvalue weighted by Crippen LogP contribution is 2.39. The zero-order chi connectivity index (χ0) is 14.1. The van der Waals surface area contributed by atoms with Crippen molar-refractivity contribution in [2.75, 3.05) is 14.1 Å². The zero-order valence-corrected chi connectivity index (χ0v) is 13.1. The maximum atomic E-state index is 6.26. The molecule has 2 saturated heterocycles. The number of hydrogen-bond donors (Lipinski definition) is 1. The number of pyridine rings is 1. The quantitative estimate of drug-likeness (QED) is 0.925. The number of aromatic nitrogens is 1. The fraction of sp³-hybridized carbons (Fsp3) is 0.688. The standard InChI is InChI=1S/C16H24ClN3/c1-18-16(9-11-5-6-19-10-15(11)17)12-7-13-3-4-14(8-12)20(13)2/h5-6,10,12-14,16,18H,3-4,7-9H2,1-2H3. The topological polar surface area (TPSA) is 28.2 Å². The number of piperidine rings is 1. The maximum absolute atomic E-state index is 6.26. The summed E-state index contributed by atoms with van der Waals surface area (Å²) in [7, 11) is 4.38. The molecule has 0 spiro atoms. The molecule has 0 aromatic carbocycles. The van der Waals surface area contributed by atoms with Crippen molar-refractivity contribution in [1.29, 1.82) is 0 Å². The smallest absolute Gasteiger partial charge is 0.0621 e. The van der Waals surface area contributed by atoms with Gasteiger partial charge in [-0.15, -0.1) is 0 Å². The average molecular weight is 294 g/mol. The minimum Gasteiger partial charge on any atom is -0.316 e. The van der Waals surface area contributed by atoms with Gasteiger partial charge in [0.25, 0.3) is 0 Å². The lowest BCUT2D eigenvalue weighted by molar-refractivity contribution is 0.114. The van der Waals surface area contributed by atoms with Crippen LogP contribution < -0.4 is 5.32 Å². The Hall–Kier alpha value is -0.640. The Kier molecular flexibility index (Phi) is 4.29. The molecule has 3 heterocycles. The van der Waals surface area contributed by atoms with Crippen LogP contribution in [-0.4, -0.2) is 42.1 Å². The second kappa shape index (κ2) is 6.00. The Morgan fingerprint density at radius 1 is 1.40 bits per heavy atom. The van der Waals surface area contributed by atoms with Crippen LogP contribution in [0.5, 0.6) is 0 Å². The Balaban J connectivity index is 1.70. The summed E-state index contributed by atoms with van der Waals surface area (Å²) in [6, 6.07) is 4.16. The van der Waals surface area contributed by atoms with E-state index in [-0.39, 0.29) is 0 Å². The summed E-state index contributed by atoms with van der Waals surface area (Å²) < 4.78 is 0. The summed E-state index contributed by atoms with van der Waals surface area (Å²) in [6.07, 6.45) is 10.00. The SMILES string of the molecule is CNC(Cc1ccncc1Cl)C1CC2CCC(C1)N2C. The fourth-order valence-corrected chi connectivity index (χ4v) is 4.29. The van der Waals surface area contributed by atoms with Gasteiger partial charge >= 0.3 is 0 Å². The second-order valence-corrected chi connectivity index (χ2v) is 6.76. The minimum absolute atomic E-state index is 0.520. The summed E-state index contributed by atoms with van der Waals surface area (Å²) in [6.45, 7) is 0. The number of nitrogens with one attached hydrogen (secondary N) is 1. The van der Waals surface area contributed by atoms with E-state index in [0.29, 0.717) is 6.04 Å². The molecule has 0 amide bonds. The first-order valence-electron chi connectivity index (χ1n) is 7.66. The molecule has 2 bridgehead atoms. The van der Waals surface area contributed by atoms with Gasteiger partial charge in [-0.05, 0) is 63.7 Å². The molecule has 3 nitrogen and oxygen atoms in total. The highest BCUT2D eigenvalue weighted by molar-refractivity contribution is 6.31. The van der Waals surface area contributed by atoms with E-state index >= 15 is 0 Å². The van der Waals surface area contributed by atoms with Crippen LogP contribution in [0.25, 0.3) is 0 Å². The van der Waals surface area contributed by atoms with Crippen molar-refractivity contribution in [2.24, 2.45) is 5.92 Å². The van der Waals surface area contributed by atoms with E-state index in [9.17, 15) is 0 Å². The highest BCUT2D eigenvalue weighted by atomic mass is 35.5. The molecule has 3 rings (SSSR count). The predicted octanol–water partition coefficient (Wildman–Crippen LogP) is 2.74. The number of likely N-dealkylation sites (N-methyl/N-ethyl adjacent to an activating group) is 1. The van der Waals surface area contributed by atoms with Crippen molar-refractivity contribution >= 4 is 11.6 Å². The van der Waals surface area contributed by atoms with E-state index in [4.69, 9.17) is 11.6 Å². The van der Waals surface area contributed by atoms with Crippen molar-refractivity contribution in [2.45, 2.75) is 50.2 Å². The number of rotatable bonds is 4. The Labute approximate surface area is 126 Å². The molecule has 2 fully saturated rings. The number of halogens is 1. The van der Waals surface area contributed by atoms with Crippen molar-refractivity contribution in [3.63, 3.8) is 0 Å². The van der Waals surface area contributed by atoms with Gasteiger partial charge in [0.1, 0.15) is 0 Å². The Morgan fingerprint density at radius 2 is 2.10 bits per heavy atom. The molecule has 1 aromatic heterocycles. The van der Waals surface area contributed by atoms with E-state index in [0.717, 1.165) is 29.4 Å². The monoisotopic (exact) mass is 293 g/mol. The summed E-state index contributed by atoms with van der Waals surface area (Å²) in [4.78, 5) is 6.68. The van der Waals surface area contributed by atoms with Gasteiger partial charge in [0.05, 0.1) is 5.02 Å². The van der Waals surface area contributed by atoms with Gasteiger partial charge in [-0.1, -0.05) is 11.6 Å². The third-order valence-corrected chi connectivity index (χ3v) is 5.71. The third-order valence-electron chi connectivity index (χ3n) is 5.37. The van der Waals surface area contributed by atoms with Crippen molar-refractivity contribution in [3.05, 3.63) is 29.0 Å². The fourth-order valence-electron chi connectivity index (χ4n) is 4.09. The van der Waals surface area contributed by atoms with Gasteiger partial charge in [-0.3, -0.25) is 4.98 Å². The molecule has 2 aliphatic rings. The summed E-state index contributed by atoms with van der Waals surface area (Å²) >= 11 is 6.26. The van der Waals surface area contributed by atoms with E-state index in [1.807, 2.05) is 6.20 Å². The molecule has 1 aromatic rings. The number of hydrogen-bond acceptors (Lipinski definition) is 3. The van der Waals surface area contributed by atoms with Crippen molar-refractivity contribution in [1.82, 2.24) is 15.2 Å². The summed E-state index contributed by atoms with van der Waals surface area (Å²) in [5.74, 6) is 0.762. The van der Waals surface area contributed by atoms with Gasteiger partial charge in [-0.25, -0.2) is 0 Å². The van der Waals surface area contributed by atoms with Crippen LogP contribution in [0.15, 0.2) is 18.5 Å². The third kappa shape index (κ3) is 2.72. The van der Waals surface area contributed by atoms with Crippen LogP contribution in [0.3, 0.4) is 0 Å². The first-order valence-corrected chi connectivity index (χ1v) is 8.04. The van der Waals surface area contributed by atoms with Gasteiger partial charge in [0.15, 0.2) is 0 Å². The Bertz CT molecular complexity index is 451. The normalized spacial score (nSPS) is 31.4. The number of nitrogens with zero attached hydrogens (tertiary/aromatic N) is 2. The van der Waals surface area contributed by atoms with Crippen molar-refractivity contribution < 1.29 is 0 Å². The predicted molar refractivity (Wildman–Crippen MR) is 83.1 cm³/mol. The minimum atomic E-state index is 0.520. The van der Waals surface area contributed by atoms with Crippen LogP contribution in [0.2, 0.25) is 5.02 Å². The zero-order valence-electron chi connectivity index (χ0n) is 12.3. The van der Waals surface area contributed by atoms with Crippen LogP contribution in [0, 0.1) is 5.92 Å². The first-order chi connectivity index (χ1) is 9.69. The van der Waals surface area contributed by atoms with E-state index in [1.54, 1.807) is 6.20 Å². The molecule has 0 radical (unpaired) electrons. The number of fused-ring (bicyclic) bond motifs is 2.